The topological polar surface area (TPSA) is 88.9 Å². The maximum Gasteiger partial charge on any atom is 0.338 e. The molecule has 2 aromatic rings. The van der Waals surface area contributed by atoms with Gasteiger partial charge in [-0.3, -0.25) is 0 Å². The van der Waals surface area contributed by atoms with Crippen molar-refractivity contribution < 1.29 is 9.90 Å². The molecule has 0 aliphatic carbocycles. The fourth-order valence-corrected chi connectivity index (χ4v) is 1.12. The number of aromatic carboxylic acids is 1. The Kier molecular flexibility index (Phi) is 2.32. The van der Waals surface area contributed by atoms with E-state index in [-0.39, 0.29) is 11.3 Å². The number of carboxylic acids is 1. The van der Waals surface area contributed by atoms with Crippen LogP contribution in [0.25, 0.3) is 11.4 Å². The number of carbonyl (C=O) groups is 1. The van der Waals surface area contributed by atoms with Crippen molar-refractivity contribution in [2.75, 3.05) is 0 Å². The van der Waals surface area contributed by atoms with Crippen LogP contribution in [0.3, 0.4) is 0 Å². The van der Waals surface area contributed by atoms with E-state index in [2.05, 4.69) is 20.2 Å². The molecule has 74 valence electrons. The second-order valence-corrected chi connectivity index (χ2v) is 2.69. The van der Waals surface area contributed by atoms with Crippen LogP contribution >= 0.6 is 0 Å². The molecule has 0 saturated carbocycles. The second-order valence-electron chi connectivity index (χ2n) is 2.69. The first kappa shape index (κ1) is 9.20. The highest BCUT2D eigenvalue weighted by molar-refractivity contribution is 5.93. The molecule has 0 aliphatic heterocycles. The summed E-state index contributed by atoms with van der Waals surface area (Å²) in [6, 6.07) is 2.96. The van der Waals surface area contributed by atoms with E-state index in [1.807, 2.05) is 0 Å². The normalized spacial score (nSPS) is 9.87. The summed E-state index contributed by atoms with van der Waals surface area (Å²) >= 11 is 0. The molecule has 6 heteroatoms. The van der Waals surface area contributed by atoms with Gasteiger partial charge in [0.15, 0.2) is 0 Å². The average molecular weight is 202 g/mol. The van der Waals surface area contributed by atoms with Gasteiger partial charge in [-0.1, -0.05) is 0 Å². The summed E-state index contributed by atoms with van der Waals surface area (Å²) in [7, 11) is 0. The van der Waals surface area contributed by atoms with Gasteiger partial charge >= 0.3 is 5.97 Å². The van der Waals surface area contributed by atoms with E-state index in [4.69, 9.17) is 5.11 Å². The molecule has 2 aromatic heterocycles. The van der Waals surface area contributed by atoms with E-state index in [0.29, 0.717) is 5.69 Å². The highest BCUT2D eigenvalue weighted by atomic mass is 16.4. The fraction of sp³-hybridized carbons (Fsp3) is 0. The van der Waals surface area contributed by atoms with Crippen LogP contribution in [0.1, 0.15) is 10.4 Å². The molecule has 0 atom stereocenters. The van der Waals surface area contributed by atoms with Crippen molar-refractivity contribution in [2.45, 2.75) is 0 Å². The molecule has 2 heterocycles. The van der Waals surface area contributed by atoms with Crippen LogP contribution in [-0.4, -0.2) is 31.2 Å². The minimum absolute atomic E-state index is 0.0729. The van der Waals surface area contributed by atoms with Crippen LogP contribution < -0.4 is 0 Å². The van der Waals surface area contributed by atoms with Crippen molar-refractivity contribution in [1.29, 1.82) is 0 Å². The van der Waals surface area contributed by atoms with Crippen molar-refractivity contribution in [3.63, 3.8) is 0 Å². The van der Waals surface area contributed by atoms with Gasteiger partial charge in [-0.15, -0.1) is 5.10 Å². The largest absolute Gasteiger partial charge is 0.478 e. The Morgan fingerprint density at radius 3 is 2.80 bits per heavy atom. The third-order valence-corrected chi connectivity index (χ3v) is 1.78. The predicted molar refractivity (Wildman–Crippen MR) is 50.0 cm³/mol. The Morgan fingerprint density at radius 1 is 1.27 bits per heavy atom. The molecule has 1 N–H and O–H groups in total. The summed E-state index contributed by atoms with van der Waals surface area (Å²) in [5.41, 5.74) is 0.756. The lowest BCUT2D eigenvalue weighted by Gasteiger charge is -2.01. The molecule has 0 unspecified atom stereocenters. The molecular formula is C9H6N4O2. The average Bonchev–Trinajstić information content (AvgIpc) is 2.30. The van der Waals surface area contributed by atoms with E-state index in [0.717, 1.165) is 0 Å². The van der Waals surface area contributed by atoms with Gasteiger partial charge in [0.05, 0.1) is 17.5 Å². The summed E-state index contributed by atoms with van der Waals surface area (Å²) < 4.78 is 0. The SMILES string of the molecule is O=C(O)c1ccnnc1-c1ccncn1. The third-order valence-electron chi connectivity index (χ3n) is 1.78. The molecule has 6 nitrogen and oxygen atoms in total. The summed E-state index contributed by atoms with van der Waals surface area (Å²) in [4.78, 5) is 18.5. The van der Waals surface area contributed by atoms with Crippen LogP contribution in [0.4, 0.5) is 0 Å². The van der Waals surface area contributed by atoms with Crippen LogP contribution in [0.5, 0.6) is 0 Å². The van der Waals surface area contributed by atoms with Crippen LogP contribution in [0.2, 0.25) is 0 Å². The first-order valence-corrected chi connectivity index (χ1v) is 4.10. The van der Waals surface area contributed by atoms with E-state index >= 15 is 0 Å². The zero-order chi connectivity index (χ0) is 10.7. The Labute approximate surface area is 84.7 Å². The molecular weight excluding hydrogens is 196 g/mol. The lowest BCUT2D eigenvalue weighted by Crippen LogP contribution is -2.03. The summed E-state index contributed by atoms with van der Waals surface area (Å²) in [5.74, 6) is -1.06. The number of aromatic nitrogens is 4. The number of nitrogens with zero attached hydrogens (tertiary/aromatic N) is 4. The highest BCUT2D eigenvalue weighted by Gasteiger charge is 2.13. The number of carboxylic acid groups (broad SMARTS) is 1. The van der Waals surface area contributed by atoms with Crippen LogP contribution in [0, 0.1) is 0 Å². The van der Waals surface area contributed by atoms with E-state index in [9.17, 15) is 4.79 Å². The van der Waals surface area contributed by atoms with E-state index < -0.39 is 5.97 Å². The molecule has 15 heavy (non-hydrogen) atoms. The molecule has 2 rings (SSSR count). The lowest BCUT2D eigenvalue weighted by atomic mass is 10.1. The zero-order valence-electron chi connectivity index (χ0n) is 7.53. The Balaban J connectivity index is 2.58. The Morgan fingerprint density at radius 2 is 2.13 bits per heavy atom. The minimum atomic E-state index is -1.06. The van der Waals surface area contributed by atoms with Gasteiger partial charge in [-0.05, 0) is 12.1 Å². The van der Waals surface area contributed by atoms with Crippen molar-refractivity contribution in [3.8, 4) is 11.4 Å². The van der Waals surface area contributed by atoms with E-state index in [1.165, 1.54) is 24.8 Å². The highest BCUT2D eigenvalue weighted by Crippen LogP contribution is 2.16. The number of rotatable bonds is 2. The van der Waals surface area contributed by atoms with Crippen molar-refractivity contribution >= 4 is 5.97 Å². The molecule has 0 amide bonds. The lowest BCUT2D eigenvalue weighted by molar-refractivity contribution is 0.0697. The van der Waals surface area contributed by atoms with Crippen molar-refractivity contribution in [3.05, 3.63) is 36.4 Å². The van der Waals surface area contributed by atoms with Gasteiger partial charge in [0.1, 0.15) is 12.0 Å². The number of hydrogen-bond donors (Lipinski definition) is 1. The molecule has 0 aliphatic rings. The minimum Gasteiger partial charge on any atom is -0.478 e. The molecule has 0 radical (unpaired) electrons. The van der Waals surface area contributed by atoms with Crippen molar-refractivity contribution in [2.24, 2.45) is 0 Å². The van der Waals surface area contributed by atoms with E-state index in [1.54, 1.807) is 6.07 Å². The maximum atomic E-state index is 10.9. The second kappa shape index (κ2) is 3.79. The first-order chi connectivity index (χ1) is 7.29. The third kappa shape index (κ3) is 1.78. The Bertz CT molecular complexity index is 486. The van der Waals surface area contributed by atoms with Crippen LogP contribution in [-0.2, 0) is 0 Å². The van der Waals surface area contributed by atoms with Gasteiger partial charge in [-0.2, -0.15) is 5.10 Å². The Hall–Kier alpha value is -2.37. The molecule has 0 bridgehead atoms. The van der Waals surface area contributed by atoms with Gasteiger partial charge in [-0.25, -0.2) is 14.8 Å². The molecule has 0 spiro atoms. The first-order valence-electron chi connectivity index (χ1n) is 4.10. The summed E-state index contributed by atoms with van der Waals surface area (Å²) in [5, 5.41) is 16.3. The number of hydrogen-bond acceptors (Lipinski definition) is 5. The predicted octanol–water partition coefficient (Wildman–Crippen LogP) is 0.632. The van der Waals surface area contributed by atoms with Gasteiger partial charge in [0.25, 0.3) is 0 Å². The molecule has 0 aromatic carbocycles. The van der Waals surface area contributed by atoms with Gasteiger partial charge < -0.3 is 5.11 Å². The quantitative estimate of drug-likeness (QED) is 0.768. The maximum absolute atomic E-state index is 10.9. The summed E-state index contributed by atoms with van der Waals surface area (Å²) in [6.45, 7) is 0. The van der Waals surface area contributed by atoms with Gasteiger partial charge in [0, 0.05) is 6.20 Å². The summed E-state index contributed by atoms with van der Waals surface area (Å²) in [6.07, 6.45) is 4.17. The molecule has 0 saturated heterocycles. The van der Waals surface area contributed by atoms with Gasteiger partial charge in [0.2, 0.25) is 0 Å². The zero-order valence-corrected chi connectivity index (χ0v) is 7.53. The smallest absolute Gasteiger partial charge is 0.338 e. The fourth-order valence-electron chi connectivity index (χ4n) is 1.12. The monoisotopic (exact) mass is 202 g/mol. The van der Waals surface area contributed by atoms with Crippen molar-refractivity contribution in [1.82, 2.24) is 20.2 Å². The van der Waals surface area contributed by atoms with Crippen LogP contribution in [0.15, 0.2) is 30.9 Å². The molecule has 0 fully saturated rings. The standard InChI is InChI=1S/C9H6N4O2/c14-9(15)6-1-4-12-13-8(6)7-2-3-10-5-11-7/h1-5H,(H,14,15).